The topological polar surface area (TPSA) is 35.5 Å². The van der Waals surface area contributed by atoms with E-state index in [4.69, 9.17) is 5.11 Å². The highest BCUT2D eigenvalue weighted by Gasteiger charge is 2.45. The van der Waals surface area contributed by atoms with E-state index in [9.17, 15) is 22.0 Å². The number of rotatable bonds is 4. The van der Waals surface area contributed by atoms with Crippen molar-refractivity contribution in [3.05, 3.63) is 35.1 Å². The molecule has 3 nitrogen and oxygen atoms in total. The largest absolute Gasteiger partial charge is 0.390 e. The molecule has 0 saturated carbocycles. The fraction of sp³-hybridized carbons (Fsp3) is 0.538. The third-order valence-electron chi connectivity index (χ3n) is 3.44. The molecule has 1 heterocycles. The molecule has 0 aliphatic carbocycles. The number of hydrogen-bond acceptors (Lipinski definition) is 3. The second kappa shape index (κ2) is 7.54. The van der Waals surface area contributed by atoms with Crippen molar-refractivity contribution in [2.75, 3.05) is 32.8 Å². The van der Waals surface area contributed by atoms with Crippen molar-refractivity contribution in [1.82, 2.24) is 10.2 Å². The van der Waals surface area contributed by atoms with Crippen LogP contribution >= 0.6 is 12.4 Å². The minimum Gasteiger partial charge on any atom is -0.390 e. The monoisotopic (exact) mass is 346 g/mol. The van der Waals surface area contributed by atoms with Gasteiger partial charge in [0.05, 0.1) is 0 Å². The van der Waals surface area contributed by atoms with Crippen LogP contribution in [0, 0.1) is 17.5 Å². The molecule has 1 fully saturated rings. The zero-order valence-electron chi connectivity index (χ0n) is 11.5. The third kappa shape index (κ3) is 3.87. The molecule has 0 unspecified atom stereocenters. The van der Waals surface area contributed by atoms with Crippen molar-refractivity contribution in [3.63, 3.8) is 0 Å². The van der Waals surface area contributed by atoms with E-state index in [-0.39, 0.29) is 25.5 Å². The number of nitrogens with zero attached hydrogens (tertiary/aromatic N) is 1. The molecule has 1 atom stereocenters. The molecular formula is C13H16ClF5N2O. The molecular weight excluding hydrogens is 331 g/mol. The van der Waals surface area contributed by atoms with Crippen LogP contribution in [-0.4, -0.2) is 48.7 Å². The lowest BCUT2D eigenvalue weighted by Crippen LogP contribution is -2.51. The van der Waals surface area contributed by atoms with E-state index in [0.717, 1.165) is 0 Å². The van der Waals surface area contributed by atoms with Gasteiger partial charge in [-0.2, -0.15) is 0 Å². The summed E-state index contributed by atoms with van der Waals surface area (Å²) in [6.07, 6.45) is 0. The van der Waals surface area contributed by atoms with Crippen molar-refractivity contribution < 1.29 is 27.1 Å². The molecule has 0 amide bonds. The average molecular weight is 347 g/mol. The lowest BCUT2D eigenvalue weighted by molar-refractivity contribution is -0.119. The van der Waals surface area contributed by atoms with Gasteiger partial charge in [0, 0.05) is 37.8 Å². The molecule has 126 valence electrons. The molecule has 22 heavy (non-hydrogen) atoms. The van der Waals surface area contributed by atoms with Crippen LogP contribution in [-0.2, 0) is 0 Å². The Hall–Kier alpha value is -0.960. The Labute approximate surface area is 130 Å². The Morgan fingerprint density at radius 2 is 1.77 bits per heavy atom. The number of halogens is 6. The van der Waals surface area contributed by atoms with Gasteiger partial charge >= 0.3 is 0 Å². The van der Waals surface area contributed by atoms with Gasteiger partial charge in [0.15, 0.2) is 11.6 Å². The van der Waals surface area contributed by atoms with Crippen LogP contribution in [0.25, 0.3) is 0 Å². The summed E-state index contributed by atoms with van der Waals surface area (Å²) in [4.78, 5) is 1.21. The van der Waals surface area contributed by atoms with Crippen LogP contribution in [0.2, 0.25) is 0 Å². The van der Waals surface area contributed by atoms with Crippen molar-refractivity contribution in [1.29, 1.82) is 0 Å². The van der Waals surface area contributed by atoms with Crippen LogP contribution < -0.4 is 5.32 Å². The van der Waals surface area contributed by atoms with Gasteiger partial charge < -0.3 is 10.4 Å². The molecule has 0 aromatic heterocycles. The quantitative estimate of drug-likeness (QED) is 0.647. The Bertz CT molecular complexity index is 511. The molecule has 2 rings (SSSR count). The van der Waals surface area contributed by atoms with Gasteiger partial charge in [-0.1, -0.05) is 0 Å². The molecule has 1 aromatic carbocycles. The first kappa shape index (κ1) is 19.1. The van der Waals surface area contributed by atoms with Gasteiger partial charge in [-0.15, -0.1) is 12.4 Å². The van der Waals surface area contributed by atoms with Crippen molar-refractivity contribution in [2.45, 2.75) is 12.0 Å². The summed E-state index contributed by atoms with van der Waals surface area (Å²) in [5.74, 6) is -7.91. The van der Waals surface area contributed by atoms with E-state index >= 15 is 0 Å². The zero-order chi connectivity index (χ0) is 15.6. The molecule has 1 saturated heterocycles. The Kier molecular flexibility index (Phi) is 6.54. The number of nitrogens with one attached hydrogen (secondary N) is 1. The molecule has 9 heteroatoms. The summed E-state index contributed by atoms with van der Waals surface area (Å²) in [7, 11) is 0. The zero-order valence-corrected chi connectivity index (χ0v) is 12.3. The molecule has 1 aromatic rings. The van der Waals surface area contributed by atoms with Crippen LogP contribution in [0.3, 0.4) is 0 Å². The predicted molar refractivity (Wildman–Crippen MR) is 72.8 cm³/mol. The maximum absolute atomic E-state index is 14.0. The first-order valence-electron chi connectivity index (χ1n) is 6.44. The Morgan fingerprint density at radius 1 is 1.18 bits per heavy atom. The van der Waals surface area contributed by atoms with Crippen LogP contribution in [0.15, 0.2) is 12.1 Å². The van der Waals surface area contributed by atoms with E-state index in [2.05, 4.69) is 5.32 Å². The number of aliphatic hydroxyl groups is 1. The molecule has 0 spiro atoms. The van der Waals surface area contributed by atoms with Crippen LogP contribution in [0.4, 0.5) is 22.0 Å². The maximum Gasteiger partial charge on any atom is 0.290 e. The fourth-order valence-electron chi connectivity index (χ4n) is 2.49. The van der Waals surface area contributed by atoms with Crippen molar-refractivity contribution in [2.24, 2.45) is 0 Å². The molecule has 0 radical (unpaired) electrons. The summed E-state index contributed by atoms with van der Waals surface area (Å²) in [6.45, 7) is -0.469. The van der Waals surface area contributed by atoms with E-state index in [1.807, 2.05) is 0 Å². The lowest BCUT2D eigenvalue weighted by Gasteiger charge is -2.38. The summed E-state index contributed by atoms with van der Waals surface area (Å²) in [5.41, 5.74) is -0.784. The third-order valence-corrected chi connectivity index (χ3v) is 3.44. The highest BCUT2D eigenvalue weighted by atomic mass is 35.5. The standard InChI is InChI=1S/C13H15F5N2O.ClH/c14-8-5-9(11(16)10(15)6-8)12(13(17,18)7-21)20-3-1-19-2-4-20;/h5-6,12,19,21H,1-4,7H2;1H/t12-;/m1./s1. The Morgan fingerprint density at radius 3 is 2.32 bits per heavy atom. The SMILES string of the molecule is Cl.OCC(F)(F)[C@@H](c1cc(F)cc(F)c1F)N1CCNCC1. The summed E-state index contributed by atoms with van der Waals surface area (Å²) in [5, 5.41) is 11.8. The molecule has 1 aliphatic heterocycles. The van der Waals surface area contributed by atoms with Gasteiger partial charge in [-0.25, -0.2) is 22.0 Å². The summed E-state index contributed by atoms with van der Waals surface area (Å²) < 4.78 is 68.5. The van der Waals surface area contributed by atoms with Gasteiger partial charge in [0.25, 0.3) is 5.92 Å². The summed E-state index contributed by atoms with van der Waals surface area (Å²) in [6, 6.07) is -1.07. The van der Waals surface area contributed by atoms with E-state index in [0.29, 0.717) is 25.2 Å². The second-order valence-corrected chi connectivity index (χ2v) is 4.90. The summed E-state index contributed by atoms with van der Waals surface area (Å²) >= 11 is 0. The van der Waals surface area contributed by atoms with Crippen molar-refractivity contribution in [3.8, 4) is 0 Å². The number of piperazine rings is 1. The number of aliphatic hydroxyl groups excluding tert-OH is 1. The second-order valence-electron chi connectivity index (χ2n) is 4.90. The number of benzene rings is 1. The van der Waals surface area contributed by atoms with Gasteiger partial charge in [-0.3, -0.25) is 4.90 Å². The smallest absolute Gasteiger partial charge is 0.290 e. The van der Waals surface area contributed by atoms with Crippen LogP contribution in [0.5, 0.6) is 0 Å². The molecule has 2 N–H and O–H groups in total. The average Bonchev–Trinajstić information content (AvgIpc) is 2.45. The normalized spacial score (nSPS) is 17.9. The fourth-order valence-corrected chi connectivity index (χ4v) is 2.49. The minimum atomic E-state index is -3.72. The lowest BCUT2D eigenvalue weighted by atomic mass is 9.97. The molecule has 0 bridgehead atoms. The first-order chi connectivity index (χ1) is 9.86. The van der Waals surface area contributed by atoms with Gasteiger partial charge in [0.1, 0.15) is 18.5 Å². The number of alkyl halides is 2. The first-order valence-corrected chi connectivity index (χ1v) is 6.44. The van der Waals surface area contributed by atoms with E-state index < -0.39 is 41.6 Å². The van der Waals surface area contributed by atoms with Crippen molar-refractivity contribution >= 4 is 12.4 Å². The van der Waals surface area contributed by atoms with Gasteiger partial charge in [0.2, 0.25) is 0 Å². The maximum atomic E-state index is 14.0. The number of hydrogen-bond donors (Lipinski definition) is 2. The highest BCUT2D eigenvalue weighted by Crippen LogP contribution is 2.38. The minimum absolute atomic E-state index is 0. The van der Waals surface area contributed by atoms with Crippen LogP contribution in [0.1, 0.15) is 11.6 Å². The Balaban J connectivity index is 0.00000242. The van der Waals surface area contributed by atoms with E-state index in [1.165, 1.54) is 4.90 Å². The highest BCUT2D eigenvalue weighted by molar-refractivity contribution is 5.85. The van der Waals surface area contributed by atoms with Gasteiger partial charge in [-0.05, 0) is 6.07 Å². The van der Waals surface area contributed by atoms with E-state index in [1.54, 1.807) is 0 Å². The molecule has 1 aliphatic rings. The predicted octanol–water partition coefficient (Wildman–Crippen LogP) is 2.10.